The van der Waals surface area contributed by atoms with Crippen molar-refractivity contribution in [3.8, 4) is 0 Å². The van der Waals surface area contributed by atoms with Gasteiger partial charge in [0.2, 0.25) is 0 Å². The van der Waals surface area contributed by atoms with Crippen molar-refractivity contribution in [2.45, 2.75) is 38.6 Å². The molecule has 104 valence electrons. The fourth-order valence-corrected chi connectivity index (χ4v) is 2.31. The SMILES string of the molecule is C=C(C)[C@@H]1CCC(C)=C(OS(=O)(=O)C(F)(F)F)C1. The maximum Gasteiger partial charge on any atom is 0.534 e. The van der Waals surface area contributed by atoms with Gasteiger partial charge in [-0.3, -0.25) is 0 Å². The largest absolute Gasteiger partial charge is 0.534 e. The number of halogens is 3. The summed E-state index contributed by atoms with van der Waals surface area (Å²) in [7, 11) is -5.57. The summed E-state index contributed by atoms with van der Waals surface area (Å²) in [6, 6.07) is 0. The van der Waals surface area contributed by atoms with Gasteiger partial charge >= 0.3 is 15.6 Å². The van der Waals surface area contributed by atoms with Gasteiger partial charge in [-0.2, -0.15) is 21.6 Å². The summed E-state index contributed by atoms with van der Waals surface area (Å²) in [6.45, 7) is 7.08. The van der Waals surface area contributed by atoms with Gasteiger partial charge in [-0.15, -0.1) is 0 Å². The second-order valence-electron chi connectivity index (χ2n) is 4.47. The van der Waals surface area contributed by atoms with Crippen LogP contribution in [0.2, 0.25) is 0 Å². The Morgan fingerprint density at radius 2 is 2.00 bits per heavy atom. The summed E-state index contributed by atoms with van der Waals surface area (Å²) in [5.74, 6) is -0.140. The molecule has 0 heterocycles. The Balaban J connectivity index is 2.93. The Labute approximate surface area is 104 Å². The van der Waals surface area contributed by atoms with Gasteiger partial charge in [-0.25, -0.2) is 0 Å². The van der Waals surface area contributed by atoms with E-state index in [9.17, 15) is 21.6 Å². The van der Waals surface area contributed by atoms with Gasteiger partial charge < -0.3 is 4.18 Å². The molecule has 0 bridgehead atoms. The smallest absolute Gasteiger partial charge is 0.381 e. The van der Waals surface area contributed by atoms with Crippen molar-refractivity contribution in [2.24, 2.45) is 5.92 Å². The topological polar surface area (TPSA) is 43.4 Å². The summed E-state index contributed by atoms with van der Waals surface area (Å²) >= 11 is 0. The summed E-state index contributed by atoms with van der Waals surface area (Å²) in [5, 5.41) is 0. The average Bonchev–Trinajstić information content (AvgIpc) is 2.18. The monoisotopic (exact) mass is 284 g/mol. The van der Waals surface area contributed by atoms with Crippen LogP contribution in [0.15, 0.2) is 23.5 Å². The maximum absolute atomic E-state index is 12.2. The Morgan fingerprint density at radius 3 is 2.44 bits per heavy atom. The highest BCUT2D eigenvalue weighted by atomic mass is 32.2. The molecule has 1 aliphatic carbocycles. The van der Waals surface area contributed by atoms with Gasteiger partial charge in [-0.05, 0) is 38.2 Å². The minimum Gasteiger partial charge on any atom is -0.381 e. The molecule has 0 spiro atoms. The van der Waals surface area contributed by atoms with Crippen LogP contribution in [0.25, 0.3) is 0 Å². The molecule has 0 aromatic heterocycles. The standard InChI is InChI=1S/C11H15F3O3S/c1-7(2)9-5-4-8(3)10(6-9)17-18(15,16)11(12,13)14/h9H,1,4-6H2,2-3H3/t9-/m1/s1. The molecular weight excluding hydrogens is 269 g/mol. The van der Waals surface area contributed by atoms with Crippen LogP contribution >= 0.6 is 0 Å². The van der Waals surface area contributed by atoms with Crippen LogP contribution in [-0.4, -0.2) is 13.9 Å². The Morgan fingerprint density at radius 1 is 1.44 bits per heavy atom. The van der Waals surface area contributed by atoms with Crippen molar-refractivity contribution >= 4 is 10.1 Å². The zero-order chi connectivity index (χ0) is 14.1. The van der Waals surface area contributed by atoms with Crippen molar-refractivity contribution in [3.05, 3.63) is 23.5 Å². The molecule has 0 aromatic carbocycles. The molecule has 1 aliphatic rings. The third-order valence-corrected chi connectivity index (χ3v) is 3.95. The van der Waals surface area contributed by atoms with Crippen molar-refractivity contribution in [1.29, 1.82) is 0 Å². The first-order chi connectivity index (χ1) is 8.04. The molecule has 0 N–H and O–H groups in total. The molecule has 0 saturated heterocycles. The number of alkyl halides is 3. The van der Waals surface area contributed by atoms with Crippen LogP contribution < -0.4 is 0 Å². The Hall–Kier alpha value is -0.980. The lowest BCUT2D eigenvalue weighted by molar-refractivity contribution is -0.0525. The van der Waals surface area contributed by atoms with Crippen LogP contribution in [0.5, 0.6) is 0 Å². The first kappa shape index (κ1) is 15.1. The van der Waals surface area contributed by atoms with E-state index in [2.05, 4.69) is 10.8 Å². The first-order valence-electron chi connectivity index (χ1n) is 5.39. The van der Waals surface area contributed by atoms with Crippen LogP contribution in [0.3, 0.4) is 0 Å². The van der Waals surface area contributed by atoms with E-state index >= 15 is 0 Å². The number of hydrogen-bond acceptors (Lipinski definition) is 3. The van der Waals surface area contributed by atoms with Gasteiger partial charge in [0.25, 0.3) is 0 Å². The van der Waals surface area contributed by atoms with Gasteiger partial charge in [0, 0.05) is 6.42 Å². The molecule has 0 saturated carbocycles. The van der Waals surface area contributed by atoms with Crippen molar-refractivity contribution in [2.75, 3.05) is 0 Å². The Bertz CT molecular complexity index is 474. The molecule has 1 rings (SSSR count). The fourth-order valence-electron chi connectivity index (χ4n) is 1.74. The maximum atomic E-state index is 12.2. The summed E-state index contributed by atoms with van der Waals surface area (Å²) in [4.78, 5) is 0. The number of allylic oxidation sites excluding steroid dienone is 3. The Kier molecular flexibility index (Phi) is 4.15. The van der Waals surface area contributed by atoms with E-state index in [4.69, 9.17) is 0 Å². The van der Waals surface area contributed by atoms with Gasteiger partial charge in [0.1, 0.15) is 5.76 Å². The highest BCUT2D eigenvalue weighted by molar-refractivity contribution is 7.87. The number of rotatable bonds is 3. The molecule has 3 nitrogen and oxygen atoms in total. The molecular formula is C11H15F3O3S. The van der Waals surface area contributed by atoms with Crippen molar-refractivity contribution in [1.82, 2.24) is 0 Å². The summed E-state index contributed by atoms with van der Waals surface area (Å²) < 4.78 is 62.8. The predicted molar refractivity (Wildman–Crippen MR) is 60.9 cm³/mol. The molecule has 0 fully saturated rings. The molecule has 1 atom stereocenters. The molecule has 18 heavy (non-hydrogen) atoms. The second kappa shape index (κ2) is 4.95. The average molecular weight is 284 g/mol. The quantitative estimate of drug-likeness (QED) is 0.452. The zero-order valence-electron chi connectivity index (χ0n) is 10.2. The minimum absolute atomic E-state index is 0.0351. The van der Waals surface area contributed by atoms with Crippen LogP contribution in [-0.2, 0) is 14.3 Å². The zero-order valence-corrected chi connectivity index (χ0v) is 11.0. The van der Waals surface area contributed by atoms with Gasteiger partial charge in [0.05, 0.1) is 0 Å². The van der Waals surface area contributed by atoms with Crippen LogP contribution in [0.4, 0.5) is 13.2 Å². The molecule has 0 aromatic rings. The highest BCUT2D eigenvalue weighted by Crippen LogP contribution is 2.36. The molecule has 0 aliphatic heterocycles. The van der Waals surface area contributed by atoms with E-state index in [0.29, 0.717) is 12.0 Å². The van der Waals surface area contributed by atoms with E-state index < -0.39 is 15.6 Å². The lowest BCUT2D eigenvalue weighted by Gasteiger charge is -2.25. The first-order valence-corrected chi connectivity index (χ1v) is 6.80. The normalized spacial score (nSPS) is 21.9. The lowest BCUT2D eigenvalue weighted by Crippen LogP contribution is -2.27. The molecule has 0 amide bonds. The van der Waals surface area contributed by atoms with Crippen molar-refractivity contribution in [3.63, 3.8) is 0 Å². The third-order valence-electron chi connectivity index (χ3n) is 2.97. The van der Waals surface area contributed by atoms with E-state index in [0.717, 1.165) is 12.0 Å². The number of hydrogen-bond donors (Lipinski definition) is 0. The van der Waals surface area contributed by atoms with Crippen LogP contribution in [0.1, 0.15) is 33.1 Å². The summed E-state index contributed by atoms with van der Waals surface area (Å²) in [6.07, 6.45) is 1.41. The minimum atomic E-state index is -5.57. The van der Waals surface area contributed by atoms with E-state index in [-0.39, 0.29) is 18.1 Å². The van der Waals surface area contributed by atoms with Gasteiger partial charge in [-0.1, -0.05) is 12.2 Å². The second-order valence-corrected chi connectivity index (χ2v) is 6.01. The fraction of sp³-hybridized carbons (Fsp3) is 0.636. The van der Waals surface area contributed by atoms with E-state index in [1.165, 1.54) is 0 Å². The third kappa shape index (κ3) is 3.28. The van der Waals surface area contributed by atoms with Crippen molar-refractivity contribution < 1.29 is 25.8 Å². The lowest BCUT2D eigenvalue weighted by atomic mass is 9.85. The molecule has 0 radical (unpaired) electrons. The molecule has 0 unspecified atom stereocenters. The van der Waals surface area contributed by atoms with E-state index in [1.807, 2.05) is 0 Å². The van der Waals surface area contributed by atoms with E-state index in [1.54, 1.807) is 13.8 Å². The summed E-state index contributed by atoms with van der Waals surface area (Å²) in [5.41, 5.74) is -4.04. The van der Waals surface area contributed by atoms with Gasteiger partial charge in [0.15, 0.2) is 0 Å². The predicted octanol–water partition coefficient (Wildman–Crippen LogP) is 3.50. The van der Waals surface area contributed by atoms with Crippen LogP contribution in [0, 0.1) is 5.92 Å². The highest BCUT2D eigenvalue weighted by Gasteiger charge is 2.49. The molecule has 7 heteroatoms.